The maximum Gasteiger partial charge on any atom is 0.119 e. The molecule has 0 aromatic heterocycles. The maximum atomic E-state index is 11.0. The Labute approximate surface area is 284 Å². The molecule has 2 aliphatic rings. The van der Waals surface area contributed by atoms with Crippen molar-refractivity contribution in [3.05, 3.63) is 81.9 Å². The number of hydrogen-bond acceptors (Lipinski definition) is 6. The van der Waals surface area contributed by atoms with Crippen molar-refractivity contribution < 1.29 is 20.4 Å². The summed E-state index contributed by atoms with van der Waals surface area (Å²) < 4.78 is 0. The van der Waals surface area contributed by atoms with E-state index in [1.165, 1.54) is 11.1 Å². The van der Waals surface area contributed by atoms with Gasteiger partial charge in [-0.05, 0) is 135 Å². The number of rotatable bonds is 12. The zero-order valence-electron chi connectivity index (χ0n) is 26.2. The predicted octanol–water partition coefficient (Wildman–Crippen LogP) is 7.29. The molecule has 2 atom stereocenters. The van der Waals surface area contributed by atoms with E-state index in [1.54, 1.807) is 24.3 Å². The number of halogens is 2. The molecule has 0 spiro atoms. The largest absolute Gasteiger partial charge is 0.508 e. The van der Waals surface area contributed by atoms with Crippen LogP contribution in [-0.2, 0) is 38.5 Å². The quantitative estimate of drug-likeness (QED) is 0.146. The van der Waals surface area contributed by atoms with E-state index in [9.17, 15) is 20.4 Å². The standard InChI is InChI=1S/C36H48N2O4.2BrH/c1-3-17-37(29-11-13-31-25(21-29)7-5-9-33(31)39)19-15-27-23-36(42)28(24-35(27)41)16-20-38(18-4-2)30-12-14-32-26(22-30)8-6-10-34(32)40;;/h5-10,23-24,29-30,39-42H,3-4,11-22H2,1-2H3;2*1H/t29-,30-;;/m0../s1. The average molecular weight is 735 g/mol. The van der Waals surface area contributed by atoms with Crippen LogP contribution in [0.2, 0.25) is 0 Å². The minimum Gasteiger partial charge on any atom is -0.508 e. The molecule has 0 saturated heterocycles. The van der Waals surface area contributed by atoms with Crippen LogP contribution in [0.15, 0.2) is 48.5 Å². The van der Waals surface area contributed by atoms with Gasteiger partial charge in [0.05, 0.1) is 0 Å². The molecule has 3 aromatic rings. The molecule has 0 radical (unpaired) electrons. The lowest BCUT2D eigenvalue weighted by molar-refractivity contribution is 0.180. The summed E-state index contributed by atoms with van der Waals surface area (Å²) in [6, 6.07) is 16.1. The number of aromatic hydroxyl groups is 4. The third-order valence-electron chi connectivity index (χ3n) is 9.53. The van der Waals surface area contributed by atoms with E-state index >= 15 is 0 Å². The van der Waals surface area contributed by atoms with Crippen LogP contribution in [0.4, 0.5) is 0 Å². The number of phenolic OH excluding ortho intramolecular Hbond substituents is 4. The third kappa shape index (κ3) is 8.51. The van der Waals surface area contributed by atoms with Gasteiger partial charge in [0.25, 0.3) is 0 Å². The SMILES string of the molecule is Br.Br.CCCN(CCc1cc(O)c(CCN(CCC)[C@H]2CCc3c(O)cccc3C2)cc1O)[C@H]1CCc2c(O)cccc2C1. The number of hydrogen-bond donors (Lipinski definition) is 4. The van der Waals surface area contributed by atoms with E-state index in [-0.39, 0.29) is 45.5 Å². The van der Waals surface area contributed by atoms with E-state index in [0.717, 1.165) is 99.8 Å². The van der Waals surface area contributed by atoms with Gasteiger partial charge in [-0.2, -0.15) is 0 Å². The van der Waals surface area contributed by atoms with E-state index < -0.39 is 0 Å². The lowest BCUT2D eigenvalue weighted by Crippen LogP contribution is -2.41. The Morgan fingerprint density at radius 3 is 1.39 bits per heavy atom. The Kier molecular flexibility index (Phi) is 13.9. The summed E-state index contributed by atoms with van der Waals surface area (Å²) in [6.07, 6.45) is 9.15. The average Bonchev–Trinajstić information content (AvgIpc) is 2.99. The minimum atomic E-state index is 0. The van der Waals surface area contributed by atoms with Crippen LogP contribution >= 0.6 is 34.0 Å². The Morgan fingerprint density at radius 1 is 0.591 bits per heavy atom. The van der Waals surface area contributed by atoms with Crippen LogP contribution < -0.4 is 0 Å². The highest BCUT2D eigenvalue weighted by Gasteiger charge is 2.27. The summed E-state index contributed by atoms with van der Waals surface area (Å²) >= 11 is 0. The highest BCUT2D eigenvalue weighted by molar-refractivity contribution is 8.93. The number of nitrogens with zero attached hydrogens (tertiary/aromatic N) is 2. The van der Waals surface area contributed by atoms with E-state index in [4.69, 9.17) is 0 Å². The molecule has 8 heteroatoms. The minimum absolute atomic E-state index is 0. The van der Waals surface area contributed by atoms with Gasteiger partial charge in [-0.15, -0.1) is 34.0 Å². The molecule has 0 amide bonds. The Balaban J connectivity index is 0.00000264. The molecule has 0 unspecified atom stereocenters. The monoisotopic (exact) mass is 732 g/mol. The van der Waals surface area contributed by atoms with Gasteiger partial charge in [0, 0.05) is 25.2 Å². The first-order chi connectivity index (χ1) is 20.4. The first-order valence-corrected chi connectivity index (χ1v) is 16.0. The molecule has 44 heavy (non-hydrogen) atoms. The molecule has 0 heterocycles. The molecule has 0 bridgehead atoms. The van der Waals surface area contributed by atoms with Gasteiger partial charge in [-0.3, -0.25) is 9.80 Å². The summed E-state index contributed by atoms with van der Waals surface area (Å²) in [5.41, 5.74) is 6.25. The summed E-state index contributed by atoms with van der Waals surface area (Å²) in [4.78, 5) is 5.03. The fraction of sp³-hybridized carbons (Fsp3) is 0.500. The lowest BCUT2D eigenvalue weighted by Gasteiger charge is -2.35. The fourth-order valence-electron chi connectivity index (χ4n) is 7.28. The topological polar surface area (TPSA) is 87.4 Å². The van der Waals surface area contributed by atoms with Crippen LogP contribution in [0.5, 0.6) is 23.0 Å². The molecule has 4 N–H and O–H groups in total. The van der Waals surface area contributed by atoms with Crippen molar-refractivity contribution >= 4 is 34.0 Å². The van der Waals surface area contributed by atoms with Crippen LogP contribution in [0.25, 0.3) is 0 Å². The molecule has 0 saturated carbocycles. The zero-order valence-corrected chi connectivity index (χ0v) is 29.6. The van der Waals surface area contributed by atoms with E-state index in [0.29, 0.717) is 36.4 Å². The van der Waals surface area contributed by atoms with Crippen molar-refractivity contribution in [1.29, 1.82) is 0 Å². The Hall–Kier alpha value is -2.26. The van der Waals surface area contributed by atoms with Crippen LogP contribution in [-0.4, -0.2) is 68.5 Å². The van der Waals surface area contributed by atoms with E-state index in [1.807, 2.05) is 12.1 Å². The molecular formula is C36H50Br2N2O4. The van der Waals surface area contributed by atoms with Crippen molar-refractivity contribution in [3.8, 4) is 23.0 Å². The number of benzene rings is 3. The molecule has 242 valence electrons. The van der Waals surface area contributed by atoms with Crippen molar-refractivity contribution in [2.75, 3.05) is 26.2 Å². The highest BCUT2D eigenvalue weighted by atomic mass is 79.9. The molecule has 5 rings (SSSR count). The molecular weight excluding hydrogens is 684 g/mol. The number of fused-ring (bicyclic) bond motifs is 2. The second-order valence-corrected chi connectivity index (χ2v) is 12.3. The molecule has 2 aliphatic carbocycles. The van der Waals surface area contributed by atoms with Gasteiger partial charge in [0.15, 0.2) is 0 Å². The molecule has 0 fully saturated rings. The van der Waals surface area contributed by atoms with Crippen LogP contribution in [0.3, 0.4) is 0 Å². The zero-order chi connectivity index (χ0) is 29.6. The van der Waals surface area contributed by atoms with Gasteiger partial charge in [-0.1, -0.05) is 38.1 Å². The maximum absolute atomic E-state index is 11.0. The molecule has 3 aromatic carbocycles. The van der Waals surface area contributed by atoms with Gasteiger partial charge in [-0.25, -0.2) is 0 Å². The van der Waals surface area contributed by atoms with Gasteiger partial charge in [0.1, 0.15) is 23.0 Å². The normalized spacial score (nSPS) is 17.5. The van der Waals surface area contributed by atoms with Crippen LogP contribution in [0.1, 0.15) is 72.9 Å². The second kappa shape index (κ2) is 16.9. The fourth-order valence-corrected chi connectivity index (χ4v) is 7.28. The highest BCUT2D eigenvalue weighted by Crippen LogP contribution is 2.34. The van der Waals surface area contributed by atoms with Crippen LogP contribution in [0, 0.1) is 0 Å². The number of phenols is 4. The molecule has 0 aliphatic heterocycles. The van der Waals surface area contributed by atoms with Crippen molar-refractivity contribution in [2.24, 2.45) is 0 Å². The van der Waals surface area contributed by atoms with Gasteiger partial charge < -0.3 is 20.4 Å². The summed E-state index contributed by atoms with van der Waals surface area (Å²) in [6.45, 7) is 8.02. The predicted molar refractivity (Wildman–Crippen MR) is 189 cm³/mol. The lowest BCUT2D eigenvalue weighted by atomic mass is 9.86. The second-order valence-electron chi connectivity index (χ2n) is 12.3. The smallest absolute Gasteiger partial charge is 0.119 e. The van der Waals surface area contributed by atoms with Gasteiger partial charge >= 0.3 is 0 Å². The Morgan fingerprint density at radius 2 is 1.00 bits per heavy atom. The molecule has 6 nitrogen and oxygen atoms in total. The first-order valence-electron chi connectivity index (χ1n) is 16.0. The van der Waals surface area contributed by atoms with Crippen molar-refractivity contribution in [1.82, 2.24) is 9.80 Å². The Bertz CT molecular complexity index is 1260. The first kappa shape index (κ1) is 36.2. The summed E-state index contributed by atoms with van der Waals surface area (Å²) in [7, 11) is 0. The van der Waals surface area contributed by atoms with Gasteiger partial charge in [0.2, 0.25) is 0 Å². The summed E-state index contributed by atoms with van der Waals surface area (Å²) in [5.74, 6) is 1.36. The third-order valence-corrected chi connectivity index (χ3v) is 9.53. The van der Waals surface area contributed by atoms with Crippen molar-refractivity contribution in [2.45, 2.75) is 90.1 Å². The summed E-state index contributed by atoms with van der Waals surface area (Å²) in [5, 5.41) is 42.5. The van der Waals surface area contributed by atoms with E-state index in [2.05, 4.69) is 35.8 Å². The van der Waals surface area contributed by atoms with Crippen molar-refractivity contribution in [3.63, 3.8) is 0 Å².